The van der Waals surface area contributed by atoms with Crippen LogP contribution in [0.5, 0.6) is 0 Å². The van der Waals surface area contributed by atoms with Gasteiger partial charge in [-0.15, -0.1) is 0 Å². The molecule has 0 unspecified atom stereocenters. The minimum atomic E-state index is -0.742. The Labute approximate surface area is 170 Å². The molecule has 1 aromatic carbocycles. The zero-order valence-electron chi connectivity index (χ0n) is 16.9. The zero-order valence-corrected chi connectivity index (χ0v) is 16.9. The normalized spacial score (nSPS) is 17.2. The predicted molar refractivity (Wildman–Crippen MR) is 110 cm³/mol. The third-order valence-corrected chi connectivity index (χ3v) is 5.73. The third kappa shape index (κ3) is 4.27. The molecule has 2 amide bonds. The van der Waals surface area contributed by atoms with E-state index in [1.807, 2.05) is 0 Å². The first kappa shape index (κ1) is 19.4. The fraction of sp³-hybridized carbons (Fsp3) is 0.476. The second-order valence-electron chi connectivity index (χ2n) is 7.81. The first-order valence-corrected chi connectivity index (χ1v) is 10.1. The topological polar surface area (TPSA) is 90.7 Å². The fourth-order valence-electron chi connectivity index (χ4n) is 4.17. The van der Waals surface area contributed by atoms with Gasteiger partial charge in [0.2, 0.25) is 0 Å². The molecule has 8 nitrogen and oxygen atoms in total. The summed E-state index contributed by atoms with van der Waals surface area (Å²) in [7, 11) is 2.11. The molecule has 2 aliphatic heterocycles. The quantitative estimate of drug-likeness (QED) is 0.749. The molecule has 8 heteroatoms. The van der Waals surface area contributed by atoms with E-state index in [4.69, 9.17) is 4.52 Å². The van der Waals surface area contributed by atoms with Gasteiger partial charge in [0.25, 0.3) is 0 Å². The summed E-state index contributed by atoms with van der Waals surface area (Å²) < 4.78 is 4.91. The highest BCUT2D eigenvalue weighted by molar-refractivity contribution is 6.39. The minimum absolute atomic E-state index is 0.0553. The number of nitrogens with zero attached hydrogens (tertiary/aromatic N) is 3. The molecule has 1 fully saturated rings. The Morgan fingerprint density at radius 2 is 1.97 bits per heavy atom. The number of fused-ring (bicyclic) bond motifs is 1. The maximum Gasteiger partial charge on any atom is 0.314 e. The van der Waals surface area contributed by atoms with Crippen LogP contribution in [0.3, 0.4) is 0 Å². The molecule has 2 N–H and O–H groups in total. The molecular weight excluding hydrogens is 370 g/mol. The first-order valence-electron chi connectivity index (χ1n) is 10.1. The molecule has 29 heavy (non-hydrogen) atoms. The molecule has 1 saturated heterocycles. The van der Waals surface area contributed by atoms with E-state index in [0.29, 0.717) is 12.3 Å². The number of hydrogen-bond acceptors (Lipinski definition) is 6. The minimum Gasteiger partial charge on any atom is -0.374 e. The van der Waals surface area contributed by atoms with Crippen molar-refractivity contribution in [2.45, 2.75) is 32.2 Å². The van der Waals surface area contributed by atoms with Crippen molar-refractivity contribution in [3.63, 3.8) is 0 Å². The van der Waals surface area contributed by atoms with Crippen LogP contribution >= 0.6 is 0 Å². The number of benzene rings is 1. The third-order valence-electron chi connectivity index (χ3n) is 5.73. The maximum absolute atomic E-state index is 12.3. The number of aryl methyl sites for hydroxylation is 1. The molecule has 3 heterocycles. The average molecular weight is 397 g/mol. The zero-order chi connectivity index (χ0) is 20.4. The van der Waals surface area contributed by atoms with Crippen molar-refractivity contribution in [1.29, 1.82) is 0 Å². The van der Waals surface area contributed by atoms with Crippen LogP contribution in [0.15, 0.2) is 28.8 Å². The maximum atomic E-state index is 12.3. The summed E-state index contributed by atoms with van der Waals surface area (Å²) in [5.41, 5.74) is 3.81. The van der Waals surface area contributed by atoms with Crippen molar-refractivity contribution in [2.75, 3.05) is 43.4 Å². The summed E-state index contributed by atoms with van der Waals surface area (Å²) in [6, 6.07) is 8.20. The van der Waals surface area contributed by atoms with Crippen molar-refractivity contribution >= 4 is 23.3 Å². The fourth-order valence-corrected chi connectivity index (χ4v) is 4.17. The van der Waals surface area contributed by atoms with E-state index in [-0.39, 0.29) is 11.9 Å². The van der Waals surface area contributed by atoms with E-state index in [1.54, 1.807) is 13.0 Å². The Balaban J connectivity index is 1.44. The number of carbonyl (C=O) groups excluding carboxylic acids is 2. The molecule has 0 bridgehead atoms. The van der Waals surface area contributed by atoms with E-state index in [1.165, 1.54) is 16.8 Å². The van der Waals surface area contributed by atoms with Gasteiger partial charge in [-0.1, -0.05) is 17.3 Å². The van der Waals surface area contributed by atoms with Crippen LogP contribution < -0.4 is 15.5 Å². The number of rotatable bonds is 5. The highest BCUT2D eigenvalue weighted by atomic mass is 16.5. The molecule has 4 rings (SSSR count). The van der Waals surface area contributed by atoms with Gasteiger partial charge >= 0.3 is 11.8 Å². The monoisotopic (exact) mass is 397 g/mol. The summed E-state index contributed by atoms with van der Waals surface area (Å²) in [6.07, 6.45) is 3.35. The summed E-state index contributed by atoms with van der Waals surface area (Å²) in [5.74, 6) is -0.608. The van der Waals surface area contributed by atoms with Gasteiger partial charge in [-0.05, 0) is 56.5 Å². The summed E-state index contributed by atoms with van der Waals surface area (Å²) in [6.45, 7) is 5.14. The van der Waals surface area contributed by atoms with Crippen molar-refractivity contribution in [2.24, 2.45) is 0 Å². The second-order valence-corrected chi connectivity index (χ2v) is 7.81. The van der Waals surface area contributed by atoms with Crippen molar-refractivity contribution < 1.29 is 14.1 Å². The number of likely N-dealkylation sites (tertiary alicyclic amines) is 1. The lowest BCUT2D eigenvalue weighted by atomic mass is 10.0. The molecule has 154 valence electrons. The smallest absolute Gasteiger partial charge is 0.314 e. The number of amides is 2. The standard InChI is InChI=1S/C21H27N5O3/c1-14-11-19(24-29-14)23-21(28)20(27)22-13-18(26-8-3-4-9-26)15-5-6-17-16(12-15)7-10-25(17)2/h5-6,11-12,18H,3-4,7-10,13H2,1-2H3,(H,22,27)(H,23,24,28)/t18-/m1/s1. The Kier molecular flexibility index (Phi) is 5.53. The number of likely N-dealkylation sites (N-methyl/N-ethyl adjacent to an activating group) is 1. The van der Waals surface area contributed by atoms with Crippen molar-refractivity contribution in [3.05, 3.63) is 41.2 Å². The molecule has 2 aromatic rings. The molecular formula is C21H27N5O3. The van der Waals surface area contributed by atoms with Gasteiger partial charge < -0.3 is 14.7 Å². The number of aromatic nitrogens is 1. The Morgan fingerprint density at radius 3 is 2.69 bits per heavy atom. The van der Waals surface area contributed by atoms with Gasteiger partial charge in [0, 0.05) is 31.9 Å². The molecule has 2 aliphatic rings. The summed E-state index contributed by atoms with van der Waals surface area (Å²) >= 11 is 0. The van der Waals surface area contributed by atoms with Crippen LogP contribution in [0.2, 0.25) is 0 Å². The van der Waals surface area contributed by atoms with E-state index in [2.05, 4.69) is 50.8 Å². The second kappa shape index (κ2) is 8.24. The molecule has 0 aliphatic carbocycles. The van der Waals surface area contributed by atoms with Crippen LogP contribution in [0.1, 0.15) is 35.8 Å². The Morgan fingerprint density at radius 1 is 1.17 bits per heavy atom. The van der Waals surface area contributed by atoms with Gasteiger partial charge in [-0.3, -0.25) is 19.8 Å². The average Bonchev–Trinajstić information content (AvgIpc) is 3.45. The lowest BCUT2D eigenvalue weighted by Gasteiger charge is -2.28. The summed E-state index contributed by atoms with van der Waals surface area (Å²) in [5, 5.41) is 8.94. The van der Waals surface area contributed by atoms with E-state index in [0.717, 1.165) is 38.9 Å². The lowest BCUT2D eigenvalue weighted by Crippen LogP contribution is -2.41. The number of hydrogen-bond donors (Lipinski definition) is 2. The van der Waals surface area contributed by atoms with Crippen LogP contribution in [0, 0.1) is 6.92 Å². The van der Waals surface area contributed by atoms with E-state index >= 15 is 0 Å². The van der Waals surface area contributed by atoms with E-state index in [9.17, 15) is 9.59 Å². The van der Waals surface area contributed by atoms with Crippen LogP contribution in [0.4, 0.5) is 11.5 Å². The van der Waals surface area contributed by atoms with Gasteiger partial charge in [-0.25, -0.2) is 0 Å². The van der Waals surface area contributed by atoms with Crippen molar-refractivity contribution in [3.8, 4) is 0 Å². The van der Waals surface area contributed by atoms with Gasteiger partial charge in [0.05, 0.1) is 6.04 Å². The van der Waals surface area contributed by atoms with Crippen LogP contribution in [-0.4, -0.2) is 55.1 Å². The lowest BCUT2D eigenvalue weighted by molar-refractivity contribution is -0.136. The van der Waals surface area contributed by atoms with Crippen LogP contribution in [0.25, 0.3) is 0 Å². The predicted octanol–water partition coefficient (Wildman–Crippen LogP) is 1.87. The van der Waals surface area contributed by atoms with Gasteiger partial charge in [0.15, 0.2) is 5.82 Å². The number of carbonyl (C=O) groups is 2. The first-order chi connectivity index (χ1) is 14.0. The van der Waals surface area contributed by atoms with Gasteiger partial charge in [0.1, 0.15) is 5.76 Å². The van der Waals surface area contributed by atoms with Crippen LogP contribution in [-0.2, 0) is 16.0 Å². The Hall–Kier alpha value is -2.87. The Bertz CT molecular complexity index is 903. The number of nitrogens with one attached hydrogen (secondary N) is 2. The molecule has 1 atom stereocenters. The molecule has 0 radical (unpaired) electrons. The SMILES string of the molecule is Cc1cc(NC(=O)C(=O)NC[C@H](c2ccc3c(c2)CCN3C)N2CCCC2)no1. The molecule has 1 aromatic heterocycles. The highest BCUT2D eigenvalue weighted by Crippen LogP contribution is 2.32. The van der Waals surface area contributed by atoms with Crippen molar-refractivity contribution in [1.82, 2.24) is 15.4 Å². The van der Waals surface area contributed by atoms with Gasteiger partial charge in [-0.2, -0.15) is 0 Å². The summed E-state index contributed by atoms with van der Waals surface area (Å²) in [4.78, 5) is 29.1. The number of anilines is 2. The molecule has 0 spiro atoms. The largest absolute Gasteiger partial charge is 0.374 e. The highest BCUT2D eigenvalue weighted by Gasteiger charge is 2.27. The molecule has 0 saturated carbocycles. The van der Waals surface area contributed by atoms with E-state index < -0.39 is 11.8 Å².